The van der Waals surface area contributed by atoms with Crippen molar-refractivity contribution >= 4 is 15.7 Å². The van der Waals surface area contributed by atoms with Gasteiger partial charge in [0.05, 0.1) is 12.2 Å². The van der Waals surface area contributed by atoms with Crippen LogP contribution in [0.15, 0.2) is 39.8 Å². The molecule has 1 aromatic heterocycles. The van der Waals surface area contributed by atoms with E-state index in [-0.39, 0.29) is 17.3 Å². The van der Waals surface area contributed by atoms with Crippen LogP contribution in [0.2, 0.25) is 0 Å². The fourth-order valence-electron chi connectivity index (χ4n) is 1.52. The predicted octanol–water partition coefficient (Wildman–Crippen LogP) is 1.99. The molecule has 0 unspecified atom stereocenters. The van der Waals surface area contributed by atoms with Gasteiger partial charge in [0.1, 0.15) is 11.6 Å². The standard InChI is InChI=1S/C12H13FN2O3S/c1-8-2-4-10(13)11(6-8)15-19(16,17)12-5-3-9(7-14)18-12/h2-6,15H,7,14H2,1H3. The van der Waals surface area contributed by atoms with Crippen molar-refractivity contribution in [3.05, 3.63) is 47.5 Å². The molecule has 0 atom stereocenters. The summed E-state index contributed by atoms with van der Waals surface area (Å²) in [5.74, 6) is -0.315. The van der Waals surface area contributed by atoms with Crippen molar-refractivity contribution in [1.29, 1.82) is 0 Å². The van der Waals surface area contributed by atoms with Crippen LogP contribution in [0.4, 0.5) is 10.1 Å². The molecule has 102 valence electrons. The van der Waals surface area contributed by atoms with Crippen LogP contribution in [0.3, 0.4) is 0 Å². The molecule has 1 aromatic carbocycles. The van der Waals surface area contributed by atoms with Crippen molar-refractivity contribution in [2.75, 3.05) is 4.72 Å². The lowest BCUT2D eigenvalue weighted by Crippen LogP contribution is -2.13. The van der Waals surface area contributed by atoms with Gasteiger partial charge in [-0.15, -0.1) is 0 Å². The zero-order chi connectivity index (χ0) is 14.0. The Balaban J connectivity index is 2.33. The molecule has 19 heavy (non-hydrogen) atoms. The molecule has 0 aliphatic heterocycles. The molecule has 2 aromatic rings. The highest BCUT2D eigenvalue weighted by Crippen LogP contribution is 2.21. The Labute approximate surface area is 110 Å². The summed E-state index contributed by atoms with van der Waals surface area (Å²) in [4.78, 5) is 0. The molecule has 3 N–H and O–H groups in total. The van der Waals surface area contributed by atoms with Gasteiger partial charge in [0.2, 0.25) is 5.09 Å². The SMILES string of the molecule is Cc1ccc(F)c(NS(=O)(=O)c2ccc(CN)o2)c1. The van der Waals surface area contributed by atoms with E-state index in [2.05, 4.69) is 4.72 Å². The first-order valence-corrected chi connectivity index (χ1v) is 6.98. The summed E-state index contributed by atoms with van der Waals surface area (Å²) in [6.45, 7) is 1.82. The van der Waals surface area contributed by atoms with Crippen LogP contribution in [0.5, 0.6) is 0 Å². The summed E-state index contributed by atoms with van der Waals surface area (Å²) < 4.78 is 44.7. The maximum Gasteiger partial charge on any atom is 0.295 e. The molecule has 2 rings (SSSR count). The molecule has 0 aliphatic carbocycles. The minimum Gasteiger partial charge on any atom is -0.446 e. The van der Waals surface area contributed by atoms with E-state index >= 15 is 0 Å². The minimum atomic E-state index is -3.95. The number of furan rings is 1. The molecule has 0 amide bonds. The Morgan fingerprint density at radius 1 is 1.32 bits per heavy atom. The van der Waals surface area contributed by atoms with Crippen LogP contribution >= 0.6 is 0 Å². The van der Waals surface area contributed by atoms with E-state index in [1.165, 1.54) is 24.3 Å². The van der Waals surface area contributed by atoms with E-state index < -0.39 is 15.8 Å². The third-order valence-electron chi connectivity index (χ3n) is 2.47. The average molecular weight is 284 g/mol. The van der Waals surface area contributed by atoms with Crippen molar-refractivity contribution in [2.45, 2.75) is 18.6 Å². The van der Waals surface area contributed by atoms with Crippen LogP contribution in [-0.2, 0) is 16.6 Å². The van der Waals surface area contributed by atoms with Gasteiger partial charge < -0.3 is 10.2 Å². The summed E-state index contributed by atoms with van der Waals surface area (Å²) in [5.41, 5.74) is 5.95. The molecule has 0 bridgehead atoms. The van der Waals surface area contributed by atoms with Crippen molar-refractivity contribution < 1.29 is 17.2 Å². The molecule has 0 aliphatic rings. The Morgan fingerprint density at radius 2 is 2.05 bits per heavy atom. The number of aryl methyl sites for hydroxylation is 1. The number of benzene rings is 1. The minimum absolute atomic E-state index is 0.0916. The first-order valence-electron chi connectivity index (χ1n) is 5.50. The monoisotopic (exact) mass is 284 g/mol. The Bertz CT molecular complexity index is 695. The second-order valence-corrected chi connectivity index (χ2v) is 5.63. The lowest BCUT2D eigenvalue weighted by molar-refractivity contribution is 0.417. The maximum absolute atomic E-state index is 13.5. The van der Waals surface area contributed by atoms with Crippen LogP contribution in [0.25, 0.3) is 0 Å². The quantitative estimate of drug-likeness (QED) is 0.899. The average Bonchev–Trinajstić information content (AvgIpc) is 2.83. The second-order valence-electron chi connectivity index (χ2n) is 4.01. The molecule has 0 saturated heterocycles. The number of halogens is 1. The number of sulfonamides is 1. The van der Waals surface area contributed by atoms with E-state index in [0.29, 0.717) is 5.76 Å². The highest BCUT2D eigenvalue weighted by Gasteiger charge is 2.20. The van der Waals surface area contributed by atoms with Gasteiger partial charge >= 0.3 is 0 Å². The summed E-state index contributed by atoms with van der Waals surface area (Å²) >= 11 is 0. The van der Waals surface area contributed by atoms with E-state index in [9.17, 15) is 12.8 Å². The molecular weight excluding hydrogens is 271 g/mol. The molecule has 7 heteroatoms. The first-order chi connectivity index (χ1) is 8.92. The molecule has 5 nitrogen and oxygen atoms in total. The molecule has 1 heterocycles. The van der Waals surface area contributed by atoms with Gasteiger partial charge in [-0.1, -0.05) is 6.07 Å². The fourth-order valence-corrected chi connectivity index (χ4v) is 2.54. The van der Waals surface area contributed by atoms with Crippen molar-refractivity contribution in [1.82, 2.24) is 0 Å². The van der Waals surface area contributed by atoms with Crippen LogP contribution in [0, 0.1) is 12.7 Å². The van der Waals surface area contributed by atoms with E-state index in [1.54, 1.807) is 13.0 Å². The second kappa shape index (κ2) is 5.02. The molecule has 0 saturated carbocycles. The highest BCUT2D eigenvalue weighted by atomic mass is 32.2. The summed E-state index contributed by atoms with van der Waals surface area (Å²) in [6, 6.07) is 6.88. The van der Waals surface area contributed by atoms with E-state index in [4.69, 9.17) is 10.2 Å². The van der Waals surface area contributed by atoms with Gasteiger partial charge in [0.15, 0.2) is 0 Å². The van der Waals surface area contributed by atoms with Crippen LogP contribution in [0.1, 0.15) is 11.3 Å². The van der Waals surface area contributed by atoms with Crippen LogP contribution < -0.4 is 10.5 Å². The molecular formula is C12H13FN2O3S. The van der Waals surface area contributed by atoms with Gasteiger partial charge in [-0.2, -0.15) is 8.42 Å². The van der Waals surface area contributed by atoms with Crippen molar-refractivity contribution in [2.24, 2.45) is 5.73 Å². The molecule has 0 radical (unpaired) electrons. The normalized spacial score (nSPS) is 11.5. The number of hydrogen-bond acceptors (Lipinski definition) is 4. The van der Waals surface area contributed by atoms with E-state index in [0.717, 1.165) is 5.56 Å². The van der Waals surface area contributed by atoms with Gasteiger partial charge in [-0.25, -0.2) is 4.39 Å². The Kier molecular flexibility index (Phi) is 3.59. The molecule has 0 spiro atoms. The van der Waals surface area contributed by atoms with Crippen molar-refractivity contribution in [3.8, 4) is 0 Å². The zero-order valence-corrected chi connectivity index (χ0v) is 11.0. The number of nitrogens with one attached hydrogen (secondary N) is 1. The van der Waals surface area contributed by atoms with Crippen LogP contribution in [-0.4, -0.2) is 8.42 Å². The maximum atomic E-state index is 13.5. The van der Waals surface area contributed by atoms with E-state index in [1.807, 2.05) is 0 Å². The number of anilines is 1. The number of hydrogen-bond donors (Lipinski definition) is 2. The predicted molar refractivity (Wildman–Crippen MR) is 68.5 cm³/mol. The lowest BCUT2D eigenvalue weighted by Gasteiger charge is -2.07. The van der Waals surface area contributed by atoms with Crippen molar-refractivity contribution in [3.63, 3.8) is 0 Å². The number of nitrogens with two attached hydrogens (primary N) is 1. The first kappa shape index (κ1) is 13.6. The smallest absolute Gasteiger partial charge is 0.295 e. The van der Waals surface area contributed by atoms with Gasteiger partial charge in [0.25, 0.3) is 10.0 Å². The lowest BCUT2D eigenvalue weighted by atomic mass is 10.2. The topological polar surface area (TPSA) is 85.3 Å². The molecule has 0 fully saturated rings. The highest BCUT2D eigenvalue weighted by molar-refractivity contribution is 7.92. The third kappa shape index (κ3) is 2.94. The zero-order valence-electron chi connectivity index (χ0n) is 10.2. The van der Waals surface area contributed by atoms with Gasteiger partial charge in [0, 0.05) is 0 Å². The third-order valence-corrected chi connectivity index (χ3v) is 3.71. The van der Waals surface area contributed by atoms with Gasteiger partial charge in [-0.05, 0) is 36.8 Å². The Hall–Kier alpha value is -1.86. The fraction of sp³-hybridized carbons (Fsp3) is 0.167. The summed E-state index contributed by atoms with van der Waals surface area (Å²) in [7, 11) is -3.95. The van der Waals surface area contributed by atoms with Gasteiger partial charge in [-0.3, -0.25) is 4.72 Å². The largest absolute Gasteiger partial charge is 0.446 e. The summed E-state index contributed by atoms with van der Waals surface area (Å²) in [6.07, 6.45) is 0. The number of rotatable bonds is 4. The summed E-state index contributed by atoms with van der Waals surface area (Å²) in [5, 5.41) is -0.297. The Morgan fingerprint density at radius 3 is 2.68 bits per heavy atom.